The fraction of sp³-hybridized carbons (Fsp3) is 0.500. The third-order valence-corrected chi connectivity index (χ3v) is 4.11. The molecule has 0 spiro atoms. The number of carboxylic acids is 1. The zero-order valence-electron chi connectivity index (χ0n) is 13.2. The molecule has 1 aliphatic carbocycles. The van der Waals surface area contributed by atoms with Gasteiger partial charge in [0.25, 0.3) is 5.91 Å². The minimum Gasteiger partial charge on any atom is -0.493 e. The van der Waals surface area contributed by atoms with E-state index < -0.39 is 24.0 Å². The molecule has 0 heterocycles. The number of ether oxygens (including phenoxy) is 2. The molecule has 6 nitrogen and oxygen atoms in total. The number of carbonyl (C=O) groups is 2. The summed E-state index contributed by atoms with van der Waals surface area (Å²) in [7, 11) is 1.29. The van der Waals surface area contributed by atoms with E-state index in [2.05, 4.69) is 10.1 Å². The van der Waals surface area contributed by atoms with Crippen molar-refractivity contribution in [2.24, 2.45) is 0 Å². The highest BCUT2D eigenvalue weighted by Crippen LogP contribution is 2.31. The van der Waals surface area contributed by atoms with Crippen LogP contribution in [0.1, 0.15) is 42.5 Å². The van der Waals surface area contributed by atoms with E-state index >= 15 is 0 Å². The Bertz CT molecular complexity index is 614. The molecule has 0 atom stereocenters. The summed E-state index contributed by atoms with van der Waals surface area (Å²) < 4.78 is 34.1. The number of rotatable bonds is 6. The molecule has 0 saturated heterocycles. The molecular formula is C16H19F2NO5. The SMILES string of the molecule is COc1ccc(C(=O)NC2(C(=O)O)CCCCC2)cc1OC(F)F. The molecule has 0 bridgehead atoms. The molecule has 1 saturated carbocycles. The Kier molecular flexibility index (Phi) is 5.58. The first-order valence-electron chi connectivity index (χ1n) is 7.57. The van der Waals surface area contributed by atoms with Gasteiger partial charge in [0.15, 0.2) is 11.5 Å². The molecule has 24 heavy (non-hydrogen) atoms. The second kappa shape index (κ2) is 7.46. The van der Waals surface area contributed by atoms with Crippen molar-refractivity contribution in [1.29, 1.82) is 0 Å². The van der Waals surface area contributed by atoms with Crippen molar-refractivity contribution >= 4 is 11.9 Å². The lowest BCUT2D eigenvalue weighted by atomic mass is 9.81. The average molecular weight is 343 g/mol. The number of nitrogens with one attached hydrogen (secondary N) is 1. The number of carboxylic acid groups (broad SMARTS) is 1. The van der Waals surface area contributed by atoms with Gasteiger partial charge < -0.3 is 19.9 Å². The van der Waals surface area contributed by atoms with Crippen LogP contribution in [0.5, 0.6) is 11.5 Å². The van der Waals surface area contributed by atoms with Crippen molar-refractivity contribution in [3.63, 3.8) is 0 Å². The number of hydrogen-bond donors (Lipinski definition) is 2. The first-order chi connectivity index (χ1) is 11.4. The molecule has 1 aromatic rings. The number of alkyl halides is 2. The maximum atomic E-state index is 12.5. The molecule has 0 radical (unpaired) electrons. The number of benzene rings is 1. The monoisotopic (exact) mass is 343 g/mol. The lowest BCUT2D eigenvalue weighted by Gasteiger charge is -2.34. The van der Waals surface area contributed by atoms with Crippen LogP contribution in [0.2, 0.25) is 0 Å². The van der Waals surface area contributed by atoms with E-state index in [1.54, 1.807) is 0 Å². The molecule has 1 aliphatic rings. The highest BCUT2D eigenvalue weighted by molar-refractivity contribution is 5.98. The van der Waals surface area contributed by atoms with E-state index in [1.165, 1.54) is 19.2 Å². The highest BCUT2D eigenvalue weighted by Gasteiger charge is 2.41. The lowest BCUT2D eigenvalue weighted by Crippen LogP contribution is -2.55. The molecule has 0 unspecified atom stereocenters. The molecule has 132 valence electrons. The number of halogens is 2. The Balaban J connectivity index is 2.23. The van der Waals surface area contributed by atoms with Gasteiger partial charge in [-0.2, -0.15) is 8.78 Å². The van der Waals surface area contributed by atoms with Gasteiger partial charge in [0.1, 0.15) is 5.54 Å². The summed E-state index contributed by atoms with van der Waals surface area (Å²) in [6.07, 6.45) is 3.00. The van der Waals surface area contributed by atoms with Crippen molar-refractivity contribution in [2.45, 2.75) is 44.3 Å². The maximum Gasteiger partial charge on any atom is 0.387 e. The van der Waals surface area contributed by atoms with Crippen LogP contribution in [0.3, 0.4) is 0 Å². The van der Waals surface area contributed by atoms with Crippen molar-refractivity contribution in [3.8, 4) is 11.5 Å². The largest absolute Gasteiger partial charge is 0.493 e. The summed E-state index contributed by atoms with van der Waals surface area (Å²) in [5, 5.41) is 12.0. The minimum absolute atomic E-state index is 0.0256. The van der Waals surface area contributed by atoms with E-state index in [-0.39, 0.29) is 17.1 Å². The summed E-state index contributed by atoms with van der Waals surface area (Å²) >= 11 is 0. The van der Waals surface area contributed by atoms with E-state index in [0.717, 1.165) is 12.5 Å². The van der Waals surface area contributed by atoms with Crippen LogP contribution < -0.4 is 14.8 Å². The van der Waals surface area contributed by atoms with Crippen LogP contribution >= 0.6 is 0 Å². The molecule has 0 aliphatic heterocycles. The predicted molar refractivity (Wildman–Crippen MR) is 80.5 cm³/mol. The predicted octanol–water partition coefficient (Wildman–Crippen LogP) is 2.81. The van der Waals surface area contributed by atoms with Crippen LogP contribution in [-0.4, -0.2) is 36.2 Å². The third-order valence-electron chi connectivity index (χ3n) is 4.11. The molecule has 8 heteroatoms. The van der Waals surface area contributed by atoms with Crippen molar-refractivity contribution in [1.82, 2.24) is 5.32 Å². The van der Waals surface area contributed by atoms with Gasteiger partial charge in [-0.3, -0.25) is 4.79 Å². The summed E-state index contributed by atoms with van der Waals surface area (Å²) in [5.74, 6) is -1.97. The first-order valence-corrected chi connectivity index (χ1v) is 7.57. The average Bonchev–Trinajstić information content (AvgIpc) is 2.55. The quantitative estimate of drug-likeness (QED) is 0.830. The van der Waals surface area contributed by atoms with Gasteiger partial charge in [-0.15, -0.1) is 0 Å². The van der Waals surface area contributed by atoms with Crippen LogP contribution in [0.4, 0.5) is 8.78 Å². The number of amides is 1. The van der Waals surface area contributed by atoms with Crippen LogP contribution in [0, 0.1) is 0 Å². The van der Waals surface area contributed by atoms with E-state index in [4.69, 9.17) is 4.74 Å². The maximum absolute atomic E-state index is 12.5. The Morgan fingerprint density at radius 3 is 2.42 bits per heavy atom. The summed E-state index contributed by atoms with van der Waals surface area (Å²) in [6, 6.07) is 3.80. The van der Waals surface area contributed by atoms with Crippen molar-refractivity contribution in [3.05, 3.63) is 23.8 Å². The highest BCUT2D eigenvalue weighted by atomic mass is 19.3. The zero-order valence-corrected chi connectivity index (χ0v) is 13.2. The minimum atomic E-state index is -3.07. The normalized spacial score (nSPS) is 16.5. The Morgan fingerprint density at radius 2 is 1.88 bits per heavy atom. The number of methoxy groups -OCH3 is 1. The van der Waals surface area contributed by atoms with Crippen LogP contribution in [0.15, 0.2) is 18.2 Å². The Hall–Kier alpha value is -2.38. The zero-order chi connectivity index (χ0) is 17.7. The molecular weight excluding hydrogens is 324 g/mol. The van der Waals surface area contributed by atoms with Gasteiger partial charge in [-0.05, 0) is 31.0 Å². The van der Waals surface area contributed by atoms with Gasteiger partial charge in [-0.1, -0.05) is 19.3 Å². The van der Waals surface area contributed by atoms with E-state index in [0.29, 0.717) is 25.7 Å². The smallest absolute Gasteiger partial charge is 0.387 e. The summed E-state index contributed by atoms with van der Waals surface area (Å²) in [5.41, 5.74) is -1.29. The van der Waals surface area contributed by atoms with Crippen molar-refractivity contribution in [2.75, 3.05) is 7.11 Å². The standard InChI is InChI=1S/C16H19F2NO5/c1-23-11-6-5-10(9-12(11)24-15(17)18)13(20)19-16(14(21)22)7-3-2-4-8-16/h5-6,9,15H,2-4,7-8H2,1H3,(H,19,20)(H,21,22). The molecule has 2 rings (SSSR count). The van der Waals surface area contributed by atoms with Gasteiger partial charge in [0.05, 0.1) is 7.11 Å². The van der Waals surface area contributed by atoms with Gasteiger partial charge in [0, 0.05) is 5.56 Å². The van der Waals surface area contributed by atoms with Gasteiger partial charge in [0.2, 0.25) is 0 Å². The van der Waals surface area contributed by atoms with E-state index in [9.17, 15) is 23.5 Å². The van der Waals surface area contributed by atoms with Crippen molar-refractivity contribution < 1.29 is 33.0 Å². The lowest BCUT2D eigenvalue weighted by molar-refractivity contribution is -0.145. The van der Waals surface area contributed by atoms with E-state index in [1.807, 2.05) is 0 Å². The molecule has 1 amide bonds. The first kappa shape index (κ1) is 18.0. The number of hydrogen-bond acceptors (Lipinski definition) is 4. The molecule has 2 N–H and O–H groups in total. The van der Waals surface area contributed by atoms with Gasteiger partial charge >= 0.3 is 12.6 Å². The number of aliphatic carboxylic acids is 1. The Morgan fingerprint density at radius 1 is 1.21 bits per heavy atom. The Labute approximate surface area is 137 Å². The second-order valence-electron chi connectivity index (χ2n) is 5.65. The fourth-order valence-electron chi connectivity index (χ4n) is 2.84. The number of carbonyl (C=O) groups excluding carboxylic acids is 1. The summed E-state index contributed by atoms with van der Waals surface area (Å²) in [6.45, 7) is -3.07. The summed E-state index contributed by atoms with van der Waals surface area (Å²) in [4.78, 5) is 24.0. The fourth-order valence-corrected chi connectivity index (χ4v) is 2.84. The molecule has 1 fully saturated rings. The third kappa shape index (κ3) is 3.93. The van der Waals surface area contributed by atoms with Crippen LogP contribution in [-0.2, 0) is 4.79 Å². The van der Waals surface area contributed by atoms with Crippen LogP contribution in [0.25, 0.3) is 0 Å². The second-order valence-corrected chi connectivity index (χ2v) is 5.65. The molecule has 0 aromatic heterocycles. The topological polar surface area (TPSA) is 84.9 Å². The molecule has 1 aromatic carbocycles. The van der Waals surface area contributed by atoms with Gasteiger partial charge in [-0.25, -0.2) is 4.79 Å².